The highest BCUT2D eigenvalue weighted by atomic mass is 16.6. The van der Waals surface area contributed by atoms with E-state index < -0.39 is 0 Å². The van der Waals surface area contributed by atoms with Gasteiger partial charge in [-0.1, -0.05) is 6.92 Å². The first-order valence-corrected chi connectivity index (χ1v) is 6.35. The van der Waals surface area contributed by atoms with E-state index in [9.17, 15) is 4.79 Å². The van der Waals surface area contributed by atoms with Gasteiger partial charge in [-0.25, -0.2) is 4.79 Å². The fourth-order valence-electron chi connectivity index (χ4n) is 2.97. The molecule has 0 spiro atoms. The Labute approximate surface area is 98.1 Å². The molecule has 1 aliphatic carbocycles. The monoisotopic (exact) mass is 225 g/mol. The van der Waals surface area contributed by atoms with Crippen LogP contribution in [0.2, 0.25) is 0 Å². The number of carbonyl (C=O) groups excluding carboxylic acids is 1. The molecule has 0 N–H and O–H groups in total. The van der Waals surface area contributed by atoms with Crippen LogP contribution in [0, 0.1) is 17.8 Å². The van der Waals surface area contributed by atoms with Gasteiger partial charge in [0.25, 0.3) is 0 Å². The third-order valence-electron chi connectivity index (χ3n) is 3.96. The van der Waals surface area contributed by atoms with Crippen molar-refractivity contribution >= 4 is 6.09 Å². The van der Waals surface area contributed by atoms with Crippen molar-refractivity contribution in [2.75, 3.05) is 13.1 Å². The molecular formula is C13H23NO2. The number of likely N-dealkylation sites (tertiary alicyclic amines) is 1. The van der Waals surface area contributed by atoms with Crippen molar-refractivity contribution in [2.45, 2.75) is 46.1 Å². The molecule has 1 saturated heterocycles. The number of hydrogen-bond donors (Lipinski definition) is 0. The van der Waals surface area contributed by atoms with Gasteiger partial charge in [-0.3, -0.25) is 0 Å². The van der Waals surface area contributed by atoms with E-state index in [2.05, 4.69) is 6.92 Å². The molecule has 0 aromatic heterocycles. The number of fused-ring (bicyclic) bond motifs is 2. The first kappa shape index (κ1) is 11.7. The van der Waals surface area contributed by atoms with Crippen molar-refractivity contribution in [3.63, 3.8) is 0 Å². The van der Waals surface area contributed by atoms with Crippen LogP contribution in [-0.2, 0) is 4.74 Å². The highest BCUT2D eigenvalue weighted by Gasteiger charge is 2.41. The van der Waals surface area contributed by atoms with E-state index in [0.29, 0.717) is 11.8 Å². The minimum absolute atomic E-state index is 0.128. The number of amides is 1. The number of piperidine rings is 1. The summed E-state index contributed by atoms with van der Waals surface area (Å²) in [5.74, 6) is 2.19. The van der Waals surface area contributed by atoms with Gasteiger partial charge in [-0.05, 0) is 51.4 Å². The molecule has 2 rings (SSSR count). The number of nitrogens with zero attached hydrogens (tertiary/aromatic N) is 1. The van der Waals surface area contributed by atoms with Crippen LogP contribution in [-0.4, -0.2) is 29.7 Å². The van der Waals surface area contributed by atoms with E-state index in [4.69, 9.17) is 4.74 Å². The van der Waals surface area contributed by atoms with Crippen LogP contribution in [0.5, 0.6) is 0 Å². The van der Waals surface area contributed by atoms with Gasteiger partial charge in [0.05, 0.1) is 0 Å². The second-order valence-electron chi connectivity index (χ2n) is 6.34. The third-order valence-corrected chi connectivity index (χ3v) is 3.96. The maximum atomic E-state index is 11.9. The van der Waals surface area contributed by atoms with Crippen molar-refractivity contribution in [2.24, 2.45) is 17.8 Å². The molecule has 3 heteroatoms. The Balaban J connectivity index is 1.95. The SMILES string of the molecule is C[C@H]1C2CC[C@@H]1CN(C(=O)OC(C)(C)C)C2. The summed E-state index contributed by atoms with van der Waals surface area (Å²) < 4.78 is 5.42. The van der Waals surface area contributed by atoms with Crippen LogP contribution in [0.3, 0.4) is 0 Å². The summed E-state index contributed by atoms with van der Waals surface area (Å²) in [4.78, 5) is 13.9. The number of ether oxygens (including phenoxy) is 1. The summed E-state index contributed by atoms with van der Waals surface area (Å²) in [5, 5.41) is 0. The molecule has 2 fully saturated rings. The Morgan fingerprint density at radius 2 is 1.69 bits per heavy atom. The zero-order valence-electron chi connectivity index (χ0n) is 10.8. The third kappa shape index (κ3) is 2.33. The van der Waals surface area contributed by atoms with Crippen molar-refractivity contribution in [1.29, 1.82) is 0 Å². The highest BCUT2D eigenvalue weighted by molar-refractivity contribution is 5.68. The smallest absolute Gasteiger partial charge is 0.410 e. The van der Waals surface area contributed by atoms with Crippen LogP contribution in [0.1, 0.15) is 40.5 Å². The molecule has 3 nitrogen and oxygen atoms in total. The zero-order chi connectivity index (χ0) is 11.9. The molecule has 0 aromatic rings. The van der Waals surface area contributed by atoms with Crippen LogP contribution >= 0.6 is 0 Å². The van der Waals surface area contributed by atoms with Crippen LogP contribution in [0.15, 0.2) is 0 Å². The number of hydrogen-bond acceptors (Lipinski definition) is 2. The summed E-state index contributed by atoms with van der Waals surface area (Å²) >= 11 is 0. The lowest BCUT2D eigenvalue weighted by Crippen LogP contribution is -2.46. The molecule has 1 unspecified atom stereocenters. The lowest BCUT2D eigenvalue weighted by Gasteiger charge is -2.37. The Morgan fingerprint density at radius 3 is 2.12 bits per heavy atom. The van der Waals surface area contributed by atoms with Gasteiger partial charge >= 0.3 is 6.09 Å². The van der Waals surface area contributed by atoms with Crippen LogP contribution < -0.4 is 0 Å². The predicted octanol–water partition coefficient (Wildman–Crippen LogP) is 2.90. The Hall–Kier alpha value is -0.730. The maximum absolute atomic E-state index is 11.9. The fourth-order valence-corrected chi connectivity index (χ4v) is 2.97. The lowest BCUT2D eigenvalue weighted by atomic mass is 9.87. The zero-order valence-corrected chi connectivity index (χ0v) is 10.8. The molecule has 3 atom stereocenters. The maximum Gasteiger partial charge on any atom is 0.410 e. The Bertz CT molecular complexity index is 268. The summed E-state index contributed by atoms with van der Waals surface area (Å²) in [6.07, 6.45) is 2.44. The van der Waals surface area contributed by atoms with E-state index in [1.54, 1.807) is 0 Å². The quantitative estimate of drug-likeness (QED) is 0.634. The van der Waals surface area contributed by atoms with E-state index in [1.807, 2.05) is 25.7 Å². The van der Waals surface area contributed by atoms with Gasteiger partial charge < -0.3 is 9.64 Å². The van der Waals surface area contributed by atoms with Crippen molar-refractivity contribution in [1.82, 2.24) is 4.90 Å². The molecule has 2 aliphatic rings. The number of carbonyl (C=O) groups is 1. The Kier molecular flexibility index (Phi) is 2.89. The minimum atomic E-state index is -0.376. The van der Waals surface area contributed by atoms with Gasteiger partial charge in [0, 0.05) is 13.1 Å². The summed E-state index contributed by atoms with van der Waals surface area (Å²) in [5.41, 5.74) is -0.376. The molecule has 92 valence electrons. The molecule has 1 amide bonds. The van der Waals surface area contributed by atoms with E-state index in [1.165, 1.54) is 12.8 Å². The second kappa shape index (κ2) is 3.94. The van der Waals surface area contributed by atoms with Gasteiger partial charge in [0.15, 0.2) is 0 Å². The lowest BCUT2D eigenvalue weighted by molar-refractivity contribution is 0.00940. The predicted molar refractivity (Wildman–Crippen MR) is 63.2 cm³/mol. The fraction of sp³-hybridized carbons (Fsp3) is 0.923. The molecule has 0 radical (unpaired) electrons. The van der Waals surface area contributed by atoms with Gasteiger partial charge in [0.1, 0.15) is 5.60 Å². The van der Waals surface area contributed by atoms with Crippen molar-refractivity contribution in [3.05, 3.63) is 0 Å². The minimum Gasteiger partial charge on any atom is -0.444 e. The molecule has 1 aliphatic heterocycles. The van der Waals surface area contributed by atoms with Crippen molar-refractivity contribution in [3.8, 4) is 0 Å². The average molecular weight is 225 g/mol. The average Bonchev–Trinajstić information content (AvgIpc) is 2.38. The summed E-state index contributed by atoms with van der Waals surface area (Å²) in [6, 6.07) is 0. The van der Waals surface area contributed by atoms with E-state index in [0.717, 1.165) is 19.0 Å². The van der Waals surface area contributed by atoms with Gasteiger partial charge in [-0.2, -0.15) is 0 Å². The normalized spacial score (nSPS) is 34.0. The Morgan fingerprint density at radius 1 is 1.19 bits per heavy atom. The van der Waals surface area contributed by atoms with Gasteiger partial charge in [0.2, 0.25) is 0 Å². The molecule has 1 saturated carbocycles. The molecule has 2 bridgehead atoms. The van der Waals surface area contributed by atoms with E-state index >= 15 is 0 Å². The van der Waals surface area contributed by atoms with Crippen molar-refractivity contribution < 1.29 is 9.53 Å². The van der Waals surface area contributed by atoms with Crippen LogP contribution in [0.4, 0.5) is 4.79 Å². The molecular weight excluding hydrogens is 202 g/mol. The van der Waals surface area contributed by atoms with Crippen LogP contribution in [0.25, 0.3) is 0 Å². The molecule has 0 aromatic carbocycles. The number of rotatable bonds is 0. The van der Waals surface area contributed by atoms with E-state index in [-0.39, 0.29) is 11.7 Å². The summed E-state index contributed by atoms with van der Waals surface area (Å²) in [7, 11) is 0. The molecule has 1 heterocycles. The topological polar surface area (TPSA) is 29.5 Å². The molecule has 16 heavy (non-hydrogen) atoms. The largest absolute Gasteiger partial charge is 0.444 e. The summed E-state index contributed by atoms with van der Waals surface area (Å²) in [6.45, 7) is 9.89. The highest BCUT2D eigenvalue weighted by Crippen LogP contribution is 2.41. The first-order valence-electron chi connectivity index (χ1n) is 6.35. The first-order chi connectivity index (χ1) is 7.37. The van der Waals surface area contributed by atoms with Gasteiger partial charge in [-0.15, -0.1) is 0 Å². The standard InChI is InChI=1S/C13H23NO2/c1-9-10-5-6-11(9)8-14(7-10)12(15)16-13(2,3)4/h9-11H,5-8H2,1-4H3/t9-,10-,11?/m1/s1. The second-order valence-corrected chi connectivity index (χ2v) is 6.34.